The van der Waals surface area contributed by atoms with E-state index < -0.39 is 0 Å². The van der Waals surface area contributed by atoms with Crippen molar-refractivity contribution >= 4 is 22.9 Å². The lowest BCUT2D eigenvalue weighted by molar-refractivity contribution is -0.119. The third-order valence-corrected chi connectivity index (χ3v) is 8.03. The fourth-order valence-corrected chi connectivity index (χ4v) is 5.82. The molecule has 6 heteroatoms. The largest absolute Gasteiger partial charge is 0.485 e. The Bertz CT molecular complexity index is 1080. The van der Waals surface area contributed by atoms with Crippen molar-refractivity contribution in [2.75, 3.05) is 31.6 Å². The lowest BCUT2D eigenvalue weighted by Crippen LogP contribution is -2.47. The second kappa shape index (κ2) is 13.0. The van der Waals surface area contributed by atoms with Gasteiger partial charge < -0.3 is 15.0 Å². The van der Waals surface area contributed by atoms with Crippen LogP contribution in [0.1, 0.15) is 54.7 Å². The lowest BCUT2D eigenvalue weighted by Gasteiger charge is -2.39. The van der Waals surface area contributed by atoms with E-state index >= 15 is 0 Å². The quantitative estimate of drug-likeness (QED) is 0.337. The number of nitrogens with zero attached hydrogens (tertiary/aromatic N) is 2. The minimum absolute atomic E-state index is 0.0447. The normalized spacial score (nSPS) is 15.5. The standard InChI is InChI=1S/C30H39N3O2S/c1-4-30(34)33(24-11-6-5-7-12-24)25-16-19-32(20-17-25)22-26-23(2)10-8-13-27(26)35-28(15-18-31-3)29-14-9-21-36-29/h5-14,21,25,28,31H,4,15-20,22H2,1-3H3. The second-order valence-corrected chi connectivity index (χ2v) is 10.5. The highest BCUT2D eigenvalue weighted by atomic mass is 32.1. The number of carbonyl (C=O) groups is 1. The predicted molar refractivity (Wildman–Crippen MR) is 150 cm³/mol. The zero-order chi connectivity index (χ0) is 25.3. The van der Waals surface area contributed by atoms with Gasteiger partial charge in [-0.1, -0.05) is 43.3 Å². The maximum Gasteiger partial charge on any atom is 0.226 e. The van der Waals surface area contributed by atoms with Crippen molar-refractivity contribution < 1.29 is 9.53 Å². The molecule has 1 aromatic heterocycles. The van der Waals surface area contributed by atoms with E-state index in [1.54, 1.807) is 11.3 Å². The lowest BCUT2D eigenvalue weighted by atomic mass is 10.00. The van der Waals surface area contributed by atoms with Gasteiger partial charge in [0.1, 0.15) is 11.9 Å². The molecule has 1 aliphatic heterocycles. The van der Waals surface area contributed by atoms with Gasteiger partial charge in [-0.15, -0.1) is 11.3 Å². The molecule has 1 saturated heterocycles. The number of rotatable bonds is 11. The topological polar surface area (TPSA) is 44.8 Å². The van der Waals surface area contributed by atoms with Crippen molar-refractivity contribution in [3.05, 3.63) is 82.0 Å². The molecule has 0 aliphatic carbocycles. The molecule has 1 N–H and O–H groups in total. The Morgan fingerprint density at radius 1 is 1.11 bits per heavy atom. The number of thiophene rings is 1. The van der Waals surface area contributed by atoms with E-state index in [9.17, 15) is 4.79 Å². The van der Waals surface area contributed by atoms with Crippen molar-refractivity contribution in [1.29, 1.82) is 0 Å². The molecule has 2 aromatic carbocycles. The molecule has 0 radical (unpaired) electrons. The van der Waals surface area contributed by atoms with Crippen molar-refractivity contribution in [2.24, 2.45) is 0 Å². The molecule has 1 unspecified atom stereocenters. The maximum atomic E-state index is 12.8. The Morgan fingerprint density at radius 2 is 1.89 bits per heavy atom. The first-order valence-corrected chi connectivity index (χ1v) is 14.0. The van der Waals surface area contributed by atoms with Gasteiger partial charge >= 0.3 is 0 Å². The molecule has 1 fully saturated rings. The summed E-state index contributed by atoms with van der Waals surface area (Å²) in [5, 5.41) is 5.38. The van der Waals surface area contributed by atoms with E-state index in [4.69, 9.17) is 4.74 Å². The van der Waals surface area contributed by atoms with Crippen LogP contribution < -0.4 is 15.0 Å². The second-order valence-electron chi connectivity index (χ2n) is 9.53. The van der Waals surface area contributed by atoms with Crippen molar-refractivity contribution in [1.82, 2.24) is 10.2 Å². The highest BCUT2D eigenvalue weighted by molar-refractivity contribution is 7.10. The first-order chi connectivity index (χ1) is 17.6. The van der Waals surface area contributed by atoms with Crippen molar-refractivity contribution in [3.63, 3.8) is 0 Å². The van der Waals surface area contributed by atoms with Crippen LogP contribution in [0.4, 0.5) is 5.69 Å². The first kappa shape index (κ1) is 26.4. The molecule has 192 valence electrons. The highest BCUT2D eigenvalue weighted by Crippen LogP contribution is 2.33. The van der Waals surface area contributed by atoms with Crippen LogP contribution in [-0.2, 0) is 11.3 Å². The van der Waals surface area contributed by atoms with Gasteiger partial charge in [-0.3, -0.25) is 9.69 Å². The van der Waals surface area contributed by atoms with Crippen LogP contribution in [0, 0.1) is 6.92 Å². The summed E-state index contributed by atoms with van der Waals surface area (Å²) in [6.45, 7) is 7.84. The molecular weight excluding hydrogens is 466 g/mol. The molecule has 0 saturated carbocycles. The average molecular weight is 506 g/mol. The Hall–Kier alpha value is -2.67. The summed E-state index contributed by atoms with van der Waals surface area (Å²) < 4.78 is 6.67. The van der Waals surface area contributed by atoms with Crippen LogP contribution in [-0.4, -0.2) is 43.5 Å². The molecule has 4 rings (SSSR count). The number of para-hydroxylation sites is 1. The van der Waals surface area contributed by atoms with Gasteiger partial charge in [0, 0.05) is 54.6 Å². The van der Waals surface area contributed by atoms with E-state index in [2.05, 4.69) is 65.0 Å². The Balaban J connectivity index is 1.45. The summed E-state index contributed by atoms with van der Waals surface area (Å²) in [6, 6.07) is 21.0. The molecule has 2 heterocycles. The first-order valence-electron chi connectivity index (χ1n) is 13.1. The van der Waals surface area contributed by atoms with Crippen LogP contribution in [0.3, 0.4) is 0 Å². The molecule has 1 atom stereocenters. The smallest absolute Gasteiger partial charge is 0.226 e. The number of nitrogens with one attached hydrogen (secondary N) is 1. The Labute approximate surface area is 220 Å². The number of ether oxygens (including phenoxy) is 1. The van der Waals surface area contributed by atoms with Crippen molar-refractivity contribution in [2.45, 2.75) is 58.2 Å². The average Bonchev–Trinajstić information content (AvgIpc) is 3.45. The number of carbonyl (C=O) groups excluding carboxylic acids is 1. The number of benzene rings is 2. The van der Waals surface area contributed by atoms with Crippen LogP contribution in [0.5, 0.6) is 5.75 Å². The van der Waals surface area contributed by atoms with Gasteiger partial charge in [0.05, 0.1) is 0 Å². The number of anilines is 1. The maximum absolute atomic E-state index is 12.8. The van der Waals surface area contributed by atoms with Gasteiger partial charge in [-0.05, 0) is 68.6 Å². The number of aryl methyl sites for hydroxylation is 1. The SMILES string of the molecule is CCC(=O)N(c1ccccc1)C1CCN(Cc2c(C)cccc2OC(CCNC)c2cccs2)CC1. The van der Waals surface area contributed by atoms with Crippen LogP contribution in [0.2, 0.25) is 0 Å². The van der Waals surface area contributed by atoms with Gasteiger partial charge in [0.2, 0.25) is 5.91 Å². The van der Waals surface area contributed by atoms with E-state index in [1.165, 1.54) is 16.0 Å². The summed E-state index contributed by atoms with van der Waals surface area (Å²) in [5.74, 6) is 1.19. The third kappa shape index (κ3) is 6.55. The summed E-state index contributed by atoms with van der Waals surface area (Å²) in [4.78, 5) is 18.7. The zero-order valence-electron chi connectivity index (χ0n) is 21.8. The summed E-state index contributed by atoms with van der Waals surface area (Å²) in [7, 11) is 1.99. The molecule has 3 aromatic rings. The van der Waals surface area contributed by atoms with Crippen LogP contribution in [0.25, 0.3) is 0 Å². The minimum Gasteiger partial charge on any atom is -0.485 e. The van der Waals surface area contributed by atoms with Gasteiger partial charge in [-0.25, -0.2) is 0 Å². The Morgan fingerprint density at radius 3 is 2.56 bits per heavy atom. The molecule has 5 nitrogen and oxygen atoms in total. The number of likely N-dealkylation sites (tertiary alicyclic amines) is 1. The number of amides is 1. The zero-order valence-corrected chi connectivity index (χ0v) is 22.6. The highest BCUT2D eigenvalue weighted by Gasteiger charge is 2.29. The number of hydrogen-bond acceptors (Lipinski definition) is 5. The molecule has 0 spiro atoms. The van der Waals surface area contributed by atoms with Crippen molar-refractivity contribution in [3.8, 4) is 5.75 Å². The summed E-state index contributed by atoms with van der Waals surface area (Å²) in [5.41, 5.74) is 3.55. The minimum atomic E-state index is 0.0447. The van der Waals surface area contributed by atoms with Gasteiger partial charge in [0.15, 0.2) is 0 Å². The van der Waals surface area contributed by atoms with E-state index in [1.807, 2.05) is 37.1 Å². The molecular formula is C30H39N3O2S. The van der Waals surface area contributed by atoms with Gasteiger partial charge in [-0.2, -0.15) is 0 Å². The number of hydrogen-bond donors (Lipinski definition) is 1. The van der Waals surface area contributed by atoms with E-state index in [-0.39, 0.29) is 18.1 Å². The summed E-state index contributed by atoms with van der Waals surface area (Å²) >= 11 is 1.76. The third-order valence-electron chi connectivity index (χ3n) is 7.06. The molecule has 36 heavy (non-hydrogen) atoms. The monoisotopic (exact) mass is 505 g/mol. The Kier molecular flexibility index (Phi) is 9.56. The predicted octanol–water partition coefficient (Wildman–Crippen LogP) is 6.19. The van der Waals surface area contributed by atoms with E-state index in [0.717, 1.165) is 56.9 Å². The van der Waals surface area contributed by atoms with Crippen LogP contribution in [0.15, 0.2) is 66.0 Å². The molecule has 1 aliphatic rings. The molecule has 0 bridgehead atoms. The fourth-order valence-electron chi connectivity index (χ4n) is 5.03. The number of piperidine rings is 1. The van der Waals surface area contributed by atoms with E-state index in [0.29, 0.717) is 6.42 Å². The van der Waals surface area contributed by atoms with Crippen LogP contribution >= 0.6 is 11.3 Å². The summed E-state index contributed by atoms with van der Waals surface area (Å²) in [6.07, 6.45) is 3.45. The molecule has 1 amide bonds. The fraction of sp³-hybridized carbons (Fsp3) is 0.433. The van der Waals surface area contributed by atoms with Gasteiger partial charge in [0.25, 0.3) is 0 Å².